The van der Waals surface area contributed by atoms with Crippen LogP contribution >= 0.6 is 0 Å². The fraction of sp³-hybridized carbons (Fsp3) is 1.00. The third-order valence-electron chi connectivity index (χ3n) is 6.21. The number of unbranched alkanes of at least 4 members (excludes halogenated alkanes) is 9. The standard InChI is InChI=1S/C23H35F11O2/c24-19(25,20(26,27)21(28,29)22(30,31)23(32,33)34)14-10-7-5-3-1-2-4-6-8-11-15-35-17-18-13-9-12-16-36-18/h18H,1-17H2. The van der Waals surface area contributed by atoms with Crippen molar-refractivity contribution in [2.45, 2.75) is 126 Å². The van der Waals surface area contributed by atoms with Crippen molar-refractivity contribution in [1.82, 2.24) is 0 Å². The SMILES string of the molecule is FC(F)(F)C(F)(F)C(F)(F)C(F)(F)C(F)(F)CCCCCCCCCCCCOCC1CCCCO1. The Bertz CT molecular complexity index is 603. The van der Waals surface area contributed by atoms with Gasteiger partial charge in [0.1, 0.15) is 0 Å². The normalized spacial score (nSPS) is 18.6. The molecule has 1 saturated heterocycles. The zero-order valence-corrected chi connectivity index (χ0v) is 20.1. The van der Waals surface area contributed by atoms with Crippen LogP contribution in [0.4, 0.5) is 48.3 Å². The van der Waals surface area contributed by atoms with E-state index < -0.39 is 42.7 Å². The van der Waals surface area contributed by atoms with E-state index in [0.717, 1.165) is 64.4 Å². The molecule has 216 valence electrons. The molecule has 0 aromatic rings. The summed E-state index contributed by atoms with van der Waals surface area (Å²) in [7, 11) is 0. The number of hydrogen-bond acceptors (Lipinski definition) is 2. The summed E-state index contributed by atoms with van der Waals surface area (Å²) in [6, 6.07) is 0. The molecule has 1 unspecified atom stereocenters. The molecule has 0 radical (unpaired) electrons. The van der Waals surface area contributed by atoms with E-state index in [1.54, 1.807) is 0 Å². The highest BCUT2D eigenvalue weighted by molar-refractivity contribution is 5.06. The van der Waals surface area contributed by atoms with Crippen molar-refractivity contribution in [3.05, 3.63) is 0 Å². The Kier molecular flexibility index (Phi) is 13.2. The Morgan fingerprint density at radius 1 is 0.583 bits per heavy atom. The third kappa shape index (κ3) is 9.16. The third-order valence-corrected chi connectivity index (χ3v) is 6.21. The predicted octanol–water partition coefficient (Wildman–Crippen LogP) is 8.97. The number of ether oxygens (including phenoxy) is 2. The van der Waals surface area contributed by atoms with Crippen molar-refractivity contribution >= 4 is 0 Å². The molecule has 1 aliphatic rings. The van der Waals surface area contributed by atoms with Crippen LogP contribution in [0.3, 0.4) is 0 Å². The summed E-state index contributed by atoms with van der Waals surface area (Å²) in [5, 5.41) is 0. The van der Waals surface area contributed by atoms with Gasteiger partial charge in [0.05, 0.1) is 12.7 Å². The molecule has 0 aromatic carbocycles. The summed E-state index contributed by atoms with van der Waals surface area (Å²) in [5.74, 6) is -27.2. The minimum atomic E-state index is -7.32. The average molecular weight is 553 g/mol. The summed E-state index contributed by atoms with van der Waals surface area (Å²) in [6.45, 7) is 2.04. The summed E-state index contributed by atoms with van der Waals surface area (Å²) in [4.78, 5) is 0. The van der Waals surface area contributed by atoms with Gasteiger partial charge in [-0.05, 0) is 32.1 Å². The van der Waals surface area contributed by atoms with Gasteiger partial charge in [-0.3, -0.25) is 0 Å². The Morgan fingerprint density at radius 2 is 1.08 bits per heavy atom. The second-order valence-corrected chi connectivity index (χ2v) is 9.27. The lowest BCUT2D eigenvalue weighted by Crippen LogP contribution is -2.66. The second-order valence-electron chi connectivity index (χ2n) is 9.27. The Hall–Kier alpha value is -0.850. The van der Waals surface area contributed by atoms with Gasteiger partial charge in [0, 0.05) is 19.6 Å². The molecule has 0 spiro atoms. The smallest absolute Gasteiger partial charge is 0.379 e. The van der Waals surface area contributed by atoms with E-state index in [1.165, 1.54) is 0 Å². The zero-order valence-electron chi connectivity index (χ0n) is 20.1. The van der Waals surface area contributed by atoms with Crippen molar-refractivity contribution in [1.29, 1.82) is 0 Å². The maximum absolute atomic E-state index is 13.6. The molecule has 13 heteroatoms. The fourth-order valence-corrected chi connectivity index (χ4v) is 3.88. The fourth-order valence-electron chi connectivity index (χ4n) is 3.88. The Morgan fingerprint density at radius 3 is 1.56 bits per heavy atom. The molecule has 0 amide bonds. The number of halogens is 11. The Balaban J connectivity index is 2.13. The van der Waals surface area contributed by atoms with Crippen LogP contribution in [0.1, 0.15) is 89.9 Å². The maximum Gasteiger partial charge on any atom is 0.460 e. The first kappa shape index (κ1) is 33.2. The van der Waals surface area contributed by atoms with Crippen LogP contribution in [0.5, 0.6) is 0 Å². The molecule has 1 rings (SSSR count). The zero-order chi connectivity index (χ0) is 27.5. The molecular weight excluding hydrogens is 517 g/mol. The van der Waals surface area contributed by atoms with Crippen LogP contribution in [0.25, 0.3) is 0 Å². The molecule has 36 heavy (non-hydrogen) atoms. The molecule has 1 fully saturated rings. The lowest BCUT2D eigenvalue weighted by molar-refractivity contribution is -0.422. The molecule has 1 heterocycles. The number of rotatable bonds is 18. The monoisotopic (exact) mass is 552 g/mol. The number of hydrogen-bond donors (Lipinski definition) is 0. The van der Waals surface area contributed by atoms with Crippen molar-refractivity contribution in [2.75, 3.05) is 19.8 Å². The van der Waals surface area contributed by atoms with Crippen LogP contribution in [0.15, 0.2) is 0 Å². The van der Waals surface area contributed by atoms with Gasteiger partial charge in [0.2, 0.25) is 0 Å². The van der Waals surface area contributed by atoms with Crippen molar-refractivity contribution < 1.29 is 57.8 Å². The average Bonchev–Trinajstić information content (AvgIpc) is 2.78. The lowest BCUT2D eigenvalue weighted by atomic mass is 9.94. The molecular formula is C23H35F11O2. The molecule has 0 bridgehead atoms. The summed E-state index contributed by atoms with van der Waals surface area (Å²) in [5.41, 5.74) is 0. The van der Waals surface area contributed by atoms with E-state index in [1.807, 2.05) is 0 Å². The minimum absolute atomic E-state index is 0.0745. The molecule has 1 aliphatic heterocycles. The quantitative estimate of drug-likeness (QED) is 0.125. The van der Waals surface area contributed by atoms with E-state index in [-0.39, 0.29) is 12.5 Å². The first-order valence-corrected chi connectivity index (χ1v) is 12.4. The van der Waals surface area contributed by atoms with Gasteiger partial charge in [-0.1, -0.05) is 51.4 Å². The van der Waals surface area contributed by atoms with Gasteiger partial charge >= 0.3 is 29.9 Å². The van der Waals surface area contributed by atoms with E-state index in [9.17, 15) is 48.3 Å². The molecule has 0 aliphatic carbocycles. The van der Waals surface area contributed by atoms with Crippen LogP contribution in [-0.2, 0) is 9.47 Å². The van der Waals surface area contributed by atoms with Crippen molar-refractivity contribution in [3.8, 4) is 0 Å². The highest BCUT2D eigenvalue weighted by Gasteiger charge is 2.86. The summed E-state index contributed by atoms with van der Waals surface area (Å²) >= 11 is 0. The number of alkyl halides is 11. The van der Waals surface area contributed by atoms with E-state index >= 15 is 0 Å². The van der Waals surface area contributed by atoms with Crippen molar-refractivity contribution in [2.24, 2.45) is 0 Å². The minimum Gasteiger partial charge on any atom is -0.379 e. The molecule has 0 N–H and O–H groups in total. The van der Waals surface area contributed by atoms with Gasteiger partial charge in [-0.2, -0.15) is 48.3 Å². The Labute approximate surface area is 204 Å². The predicted molar refractivity (Wildman–Crippen MR) is 111 cm³/mol. The van der Waals surface area contributed by atoms with E-state index in [0.29, 0.717) is 26.1 Å². The molecule has 0 saturated carbocycles. The van der Waals surface area contributed by atoms with Crippen LogP contribution in [0, 0.1) is 0 Å². The summed E-state index contributed by atoms with van der Waals surface area (Å²) in [6.07, 6.45) is -0.139. The van der Waals surface area contributed by atoms with E-state index in [4.69, 9.17) is 9.47 Å². The lowest BCUT2D eigenvalue weighted by Gasteiger charge is -2.37. The highest BCUT2D eigenvalue weighted by atomic mass is 19.4. The molecule has 0 aromatic heterocycles. The topological polar surface area (TPSA) is 18.5 Å². The largest absolute Gasteiger partial charge is 0.460 e. The van der Waals surface area contributed by atoms with Crippen molar-refractivity contribution in [3.63, 3.8) is 0 Å². The highest BCUT2D eigenvalue weighted by Crippen LogP contribution is 2.58. The van der Waals surface area contributed by atoms with Crippen LogP contribution in [0.2, 0.25) is 0 Å². The second kappa shape index (κ2) is 14.3. The maximum atomic E-state index is 13.6. The van der Waals surface area contributed by atoms with Gasteiger partial charge < -0.3 is 9.47 Å². The van der Waals surface area contributed by atoms with Crippen LogP contribution in [-0.4, -0.2) is 55.8 Å². The van der Waals surface area contributed by atoms with Crippen LogP contribution < -0.4 is 0 Å². The van der Waals surface area contributed by atoms with Gasteiger partial charge in [-0.25, -0.2) is 0 Å². The first-order valence-electron chi connectivity index (χ1n) is 12.4. The van der Waals surface area contributed by atoms with Gasteiger partial charge in [0.15, 0.2) is 0 Å². The molecule has 2 nitrogen and oxygen atoms in total. The first-order chi connectivity index (χ1) is 16.6. The summed E-state index contributed by atoms with van der Waals surface area (Å²) < 4.78 is 153. The van der Waals surface area contributed by atoms with Gasteiger partial charge in [-0.15, -0.1) is 0 Å². The van der Waals surface area contributed by atoms with E-state index in [2.05, 4.69) is 0 Å². The molecule has 1 atom stereocenters. The van der Waals surface area contributed by atoms with Gasteiger partial charge in [0.25, 0.3) is 0 Å².